The number of carbonyl (C=O) groups is 2. The fourth-order valence-electron chi connectivity index (χ4n) is 3.41. The molecule has 0 aliphatic carbocycles. The molecule has 0 radical (unpaired) electrons. The zero-order valence-electron chi connectivity index (χ0n) is 19.0. The van der Waals surface area contributed by atoms with Crippen molar-refractivity contribution in [3.05, 3.63) is 75.5 Å². The van der Waals surface area contributed by atoms with Gasteiger partial charge in [0, 0.05) is 37.3 Å². The lowest BCUT2D eigenvalue weighted by Crippen LogP contribution is -2.39. The fraction of sp³-hybridized carbons (Fsp3) is 0.333. The number of rotatable bonds is 10. The molecule has 10 nitrogen and oxygen atoms in total. The van der Waals surface area contributed by atoms with Crippen LogP contribution in [0.2, 0.25) is 0 Å². The van der Waals surface area contributed by atoms with E-state index >= 15 is 0 Å². The number of non-ortho nitro benzene ring substituents is 1. The van der Waals surface area contributed by atoms with Crippen LogP contribution in [0.4, 0.5) is 5.69 Å². The molecule has 0 bridgehead atoms. The van der Waals surface area contributed by atoms with E-state index in [1.165, 1.54) is 31.4 Å². The second kappa shape index (κ2) is 12.5. The van der Waals surface area contributed by atoms with Gasteiger partial charge in [-0.25, -0.2) is 0 Å². The lowest BCUT2D eigenvalue weighted by Gasteiger charge is -2.26. The molecule has 1 saturated heterocycles. The predicted octanol–water partition coefficient (Wildman–Crippen LogP) is 2.21. The molecule has 1 aliphatic heterocycles. The van der Waals surface area contributed by atoms with Crippen LogP contribution < -0.4 is 15.4 Å². The van der Waals surface area contributed by atoms with E-state index in [0.717, 1.165) is 26.1 Å². The Hall–Kier alpha value is -3.76. The van der Waals surface area contributed by atoms with Crippen LogP contribution >= 0.6 is 0 Å². The van der Waals surface area contributed by atoms with Crippen molar-refractivity contribution in [3.8, 4) is 5.75 Å². The number of nitro groups is 1. The van der Waals surface area contributed by atoms with E-state index in [0.29, 0.717) is 36.6 Å². The molecule has 0 saturated carbocycles. The lowest BCUT2D eigenvalue weighted by atomic mass is 10.1. The fourth-order valence-corrected chi connectivity index (χ4v) is 3.41. The zero-order chi connectivity index (χ0) is 24.3. The third-order valence-corrected chi connectivity index (χ3v) is 5.28. The van der Waals surface area contributed by atoms with Gasteiger partial charge in [0.2, 0.25) is 0 Å². The van der Waals surface area contributed by atoms with E-state index in [1.807, 2.05) is 0 Å². The van der Waals surface area contributed by atoms with E-state index in [4.69, 9.17) is 9.47 Å². The summed E-state index contributed by atoms with van der Waals surface area (Å²) >= 11 is 0. The van der Waals surface area contributed by atoms with E-state index < -0.39 is 16.7 Å². The Morgan fingerprint density at radius 2 is 1.91 bits per heavy atom. The first kappa shape index (κ1) is 24.9. The highest BCUT2D eigenvalue weighted by atomic mass is 16.6. The Bertz CT molecular complexity index is 1030. The summed E-state index contributed by atoms with van der Waals surface area (Å²) in [6, 6.07) is 12.3. The van der Waals surface area contributed by atoms with Crippen molar-refractivity contribution in [2.75, 3.05) is 46.5 Å². The first-order valence-corrected chi connectivity index (χ1v) is 11.0. The average Bonchev–Trinajstić information content (AvgIpc) is 2.87. The normalized spacial score (nSPS) is 14.3. The average molecular weight is 469 g/mol. The highest BCUT2D eigenvalue weighted by molar-refractivity contribution is 6.05. The van der Waals surface area contributed by atoms with Gasteiger partial charge in [0.25, 0.3) is 17.5 Å². The third-order valence-electron chi connectivity index (χ3n) is 5.28. The molecule has 1 aliphatic rings. The summed E-state index contributed by atoms with van der Waals surface area (Å²) in [7, 11) is 1.53. The van der Waals surface area contributed by atoms with Gasteiger partial charge in [-0.15, -0.1) is 0 Å². The van der Waals surface area contributed by atoms with Crippen molar-refractivity contribution in [2.45, 2.75) is 6.42 Å². The first-order valence-electron chi connectivity index (χ1n) is 11.0. The number of benzene rings is 2. The van der Waals surface area contributed by atoms with Crippen molar-refractivity contribution in [1.29, 1.82) is 0 Å². The largest absolute Gasteiger partial charge is 0.497 e. The van der Waals surface area contributed by atoms with Crippen molar-refractivity contribution >= 4 is 23.6 Å². The summed E-state index contributed by atoms with van der Waals surface area (Å²) in [4.78, 5) is 38.5. The number of ether oxygens (including phenoxy) is 2. The summed E-state index contributed by atoms with van der Waals surface area (Å²) in [5.41, 5.74) is 0.641. The minimum Gasteiger partial charge on any atom is -0.497 e. The standard InChI is InChI=1S/C24H28N4O6/c1-33-21-8-6-19(7-9-21)23(29)26-22(17-18-4-2-5-20(16-18)28(31)32)24(30)25-10-3-11-27-12-14-34-15-13-27/h2,4-9,16-17H,3,10-15H2,1H3,(H,25,30)(H,26,29). The Morgan fingerprint density at radius 1 is 1.18 bits per heavy atom. The van der Waals surface area contributed by atoms with Gasteiger partial charge in [-0.05, 0) is 48.9 Å². The summed E-state index contributed by atoms with van der Waals surface area (Å²) in [6.45, 7) is 4.39. The van der Waals surface area contributed by atoms with Crippen LogP contribution in [0.25, 0.3) is 6.08 Å². The minimum absolute atomic E-state index is 0.00677. The molecule has 3 rings (SSSR count). The number of hydrogen-bond acceptors (Lipinski definition) is 7. The molecule has 1 fully saturated rings. The van der Waals surface area contributed by atoms with Gasteiger partial charge in [-0.2, -0.15) is 0 Å². The van der Waals surface area contributed by atoms with Crippen molar-refractivity contribution in [1.82, 2.24) is 15.5 Å². The molecule has 2 aromatic rings. The summed E-state index contributed by atoms with van der Waals surface area (Å²) in [5, 5.41) is 16.6. The molecule has 2 amide bonds. The van der Waals surface area contributed by atoms with E-state index in [-0.39, 0.29) is 11.4 Å². The van der Waals surface area contributed by atoms with Gasteiger partial charge in [0.15, 0.2) is 0 Å². The summed E-state index contributed by atoms with van der Waals surface area (Å²) in [5.74, 6) is -0.361. The number of nitrogens with zero attached hydrogens (tertiary/aromatic N) is 2. The topological polar surface area (TPSA) is 123 Å². The number of nitrogens with one attached hydrogen (secondary N) is 2. The maximum absolute atomic E-state index is 12.9. The van der Waals surface area contributed by atoms with Crippen LogP contribution in [0.1, 0.15) is 22.3 Å². The lowest BCUT2D eigenvalue weighted by molar-refractivity contribution is -0.384. The van der Waals surface area contributed by atoms with Gasteiger partial charge >= 0.3 is 0 Å². The number of carbonyl (C=O) groups excluding carboxylic acids is 2. The molecule has 180 valence electrons. The second-order valence-electron chi connectivity index (χ2n) is 7.66. The van der Waals surface area contributed by atoms with Gasteiger partial charge in [-0.3, -0.25) is 24.6 Å². The van der Waals surface area contributed by atoms with E-state index in [9.17, 15) is 19.7 Å². The van der Waals surface area contributed by atoms with Gasteiger partial charge < -0.3 is 20.1 Å². The van der Waals surface area contributed by atoms with Gasteiger partial charge in [0.1, 0.15) is 11.4 Å². The predicted molar refractivity (Wildman–Crippen MR) is 126 cm³/mol. The number of morpholine rings is 1. The van der Waals surface area contributed by atoms with Gasteiger partial charge in [-0.1, -0.05) is 12.1 Å². The Balaban J connectivity index is 1.70. The van der Waals surface area contributed by atoms with Crippen LogP contribution in [0.3, 0.4) is 0 Å². The maximum Gasteiger partial charge on any atom is 0.270 e. The van der Waals surface area contributed by atoms with Gasteiger partial charge in [0.05, 0.1) is 25.2 Å². The maximum atomic E-state index is 12.9. The molecule has 1 heterocycles. The molecule has 2 aromatic carbocycles. The molecule has 0 atom stereocenters. The monoisotopic (exact) mass is 468 g/mol. The van der Waals surface area contributed by atoms with Crippen molar-refractivity contribution in [3.63, 3.8) is 0 Å². The van der Waals surface area contributed by atoms with Crippen LogP contribution in [0.15, 0.2) is 54.2 Å². The summed E-state index contributed by atoms with van der Waals surface area (Å²) in [6.07, 6.45) is 2.16. The summed E-state index contributed by atoms with van der Waals surface area (Å²) < 4.78 is 10.4. The Labute approximate surface area is 197 Å². The molecule has 2 N–H and O–H groups in total. The van der Waals surface area contributed by atoms with Crippen LogP contribution in [0, 0.1) is 10.1 Å². The molecule has 0 unspecified atom stereocenters. The van der Waals surface area contributed by atoms with E-state index in [1.54, 1.807) is 30.3 Å². The van der Waals surface area contributed by atoms with E-state index in [2.05, 4.69) is 15.5 Å². The highest BCUT2D eigenvalue weighted by Crippen LogP contribution is 2.16. The van der Waals surface area contributed by atoms with Crippen LogP contribution in [0.5, 0.6) is 5.75 Å². The minimum atomic E-state index is -0.515. The quantitative estimate of drug-likeness (QED) is 0.237. The second-order valence-corrected chi connectivity index (χ2v) is 7.66. The number of hydrogen-bond donors (Lipinski definition) is 2. The highest BCUT2D eigenvalue weighted by Gasteiger charge is 2.16. The Kier molecular flexibility index (Phi) is 9.12. The molecule has 10 heteroatoms. The molecule has 0 spiro atoms. The third kappa shape index (κ3) is 7.39. The smallest absolute Gasteiger partial charge is 0.270 e. The Morgan fingerprint density at radius 3 is 2.59 bits per heavy atom. The number of amides is 2. The SMILES string of the molecule is COc1ccc(C(=O)NC(=Cc2cccc([N+](=O)[O-])c2)C(=O)NCCCN2CCOCC2)cc1. The number of nitro benzene ring substituents is 1. The van der Waals surface area contributed by atoms with Crippen molar-refractivity contribution < 1.29 is 24.0 Å². The number of methoxy groups -OCH3 is 1. The molecular weight excluding hydrogens is 440 g/mol. The van der Waals surface area contributed by atoms with Crippen LogP contribution in [-0.2, 0) is 9.53 Å². The molecule has 0 aromatic heterocycles. The van der Waals surface area contributed by atoms with Crippen LogP contribution in [-0.4, -0.2) is 68.1 Å². The van der Waals surface area contributed by atoms with Crippen molar-refractivity contribution in [2.24, 2.45) is 0 Å². The molecule has 34 heavy (non-hydrogen) atoms. The zero-order valence-corrected chi connectivity index (χ0v) is 19.0. The molecular formula is C24H28N4O6. The first-order chi connectivity index (χ1) is 16.5.